The number of carbonyl (C=O) groups excluding carboxylic acids is 2. The Morgan fingerprint density at radius 3 is 2.62 bits per heavy atom. The smallest absolute Gasteiger partial charge is 0.220 e. The summed E-state index contributed by atoms with van der Waals surface area (Å²) >= 11 is 0. The zero-order chi connectivity index (χ0) is 22.8. The van der Waals surface area contributed by atoms with Crippen LogP contribution in [0.5, 0.6) is 0 Å². The van der Waals surface area contributed by atoms with Gasteiger partial charge in [0.2, 0.25) is 5.91 Å². The van der Waals surface area contributed by atoms with E-state index < -0.39 is 0 Å². The van der Waals surface area contributed by atoms with Crippen molar-refractivity contribution in [2.45, 2.75) is 70.8 Å². The summed E-state index contributed by atoms with van der Waals surface area (Å²) in [5, 5.41) is 3.25. The molecule has 0 spiro atoms. The molecular formula is C26H38N4O2. The highest BCUT2D eigenvalue weighted by Gasteiger charge is 2.23. The molecule has 3 rings (SSSR count). The first-order chi connectivity index (χ1) is 15.5. The number of carbonyl (C=O) groups is 2. The van der Waals surface area contributed by atoms with E-state index in [1.165, 1.54) is 0 Å². The average Bonchev–Trinajstić information content (AvgIpc) is 3.30. The van der Waals surface area contributed by atoms with Gasteiger partial charge in [-0.15, -0.1) is 0 Å². The summed E-state index contributed by atoms with van der Waals surface area (Å²) in [6.45, 7) is 4.05. The molecule has 2 aromatic rings. The summed E-state index contributed by atoms with van der Waals surface area (Å²) in [7, 11) is 2.14. The Bertz CT molecular complexity index is 841. The Kier molecular flexibility index (Phi) is 9.47. The number of aromatic nitrogens is 2. The van der Waals surface area contributed by atoms with Crippen molar-refractivity contribution in [2.75, 3.05) is 20.1 Å². The molecule has 1 amide bonds. The summed E-state index contributed by atoms with van der Waals surface area (Å²) in [5.41, 5.74) is 2.05. The predicted molar refractivity (Wildman–Crippen MR) is 128 cm³/mol. The van der Waals surface area contributed by atoms with Crippen molar-refractivity contribution in [3.8, 4) is 11.3 Å². The van der Waals surface area contributed by atoms with E-state index in [0.29, 0.717) is 31.0 Å². The molecule has 2 N–H and O–H groups in total. The fraction of sp³-hybridized carbons (Fsp3) is 0.577. The molecule has 6 heteroatoms. The number of hydrogen-bond donors (Lipinski definition) is 2. The minimum absolute atomic E-state index is 0.114. The zero-order valence-electron chi connectivity index (χ0n) is 19.6. The van der Waals surface area contributed by atoms with Gasteiger partial charge in [-0.25, -0.2) is 4.98 Å². The molecule has 32 heavy (non-hydrogen) atoms. The maximum absolute atomic E-state index is 12.9. The van der Waals surface area contributed by atoms with Crippen LogP contribution < -0.4 is 5.32 Å². The van der Waals surface area contributed by atoms with Crippen LogP contribution in [0.15, 0.2) is 36.5 Å². The Morgan fingerprint density at radius 2 is 1.91 bits per heavy atom. The number of piperidine rings is 1. The number of unbranched alkanes of at least 4 members (excludes halogenated alkanes) is 2. The molecule has 6 nitrogen and oxygen atoms in total. The van der Waals surface area contributed by atoms with E-state index in [1.807, 2.05) is 31.3 Å². The first-order valence-electron chi connectivity index (χ1n) is 12.1. The molecule has 1 fully saturated rings. The van der Waals surface area contributed by atoms with Gasteiger partial charge in [-0.1, -0.05) is 50.1 Å². The molecule has 2 heterocycles. The summed E-state index contributed by atoms with van der Waals surface area (Å²) in [6.07, 6.45) is 9.54. The number of benzene rings is 1. The van der Waals surface area contributed by atoms with Crippen LogP contribution in [0, 0.1) is 5.92 Å². The Morgan fingerprint density at radius 1 is 1.16 bits per heavy atom. The fourth-order valence-corrected chi connectivity index (χ4v) is 4.36. The number of hydrogen-bond acceptors (Lipinski definition) is 4. The minimum Gasteiger partial charge on any atom is -0.346 e. The molecule has 0 saturated carbocycles. The Labute approximate surface area is 192 Å². The van der Waals surface area contributed by atoms with Gasteiger partial charge in [0.15, 0.2) is 0 Å². The SMILES string of the molecule is CCC(=O)CCCCC[C@H](NC(=O)CC1CCN(C)CC1)c1ncc(-c2ccccc2)[nH]1. The van der Waals surface area contributed by atoms with Crippen molar-refractivity contribution in [1.82, 2.24) is 20.2 Å². The number of imidazole rings is 1. The molecule has 1 saturated heterocycles. The lowest BCUT2D eigenvalue weighted by Crippen LogP contribution is -2.35. The van der Waals surface area contributed by atoms with Crippen LogP contribution in [0.25, 0.3) is 11.3 Å². The maximum atomic E-state index is 12.9. The van der Waals surface area contributed by atoms with E-state index in [0.717, 1.165) is 68.7 Å². The number of nitrogens with zero attached hydrogens (tertiary/aromatic N) is 2. The number of aromatic amines is 1. The van der Waals surface area contributed by atoms with Crippen LogP contribution in [-0.4, -0.2) is 46.7 Å². The first kappa shape index (κ1) is 24.2. The number of Topliss-reactive ketones (excluding diaryl/α,β-unsaturated/α-hetero) is 1. The lowest BCUT2D eigenvalue weighted by molar-refractivity contribution is -0.123. The highest BCUT2D eigenvalue weighted by atomic mass is 16.1. The fourth-order valence-electron chi connectivity index (χ4n) is 4.36. The number of rotatable bonds is 12. The van der Waals surface area contributed by atoms with Crippen molar-refractivity contribution in [2.24, 2.45) is 5.92 Å². The molecular weight excluding hydrogens is 400 g/mol. The summed E-state index contributed by atoms with van der Waals surface area (Å²) in [5.74, 6) is 1.71. The van der Waals surface area contributed by atoms with Gasteiger partial charge < -0.3 is 15.2 Å². The van der Waals surface area contributed by atoms with Crippen LogP contribution >= 0.6 is 0 Å². The zero-order valence-corrected chi connectivity index (χ0v) is 19.6. The molecule has 0 bridgehead atoms. The monoisotopic (exact) mass is 438 g/mol. The van der Waals surface area contributed by atoms with Gasteiger partial charge in [-0.3, -0.25) is 9.59 Å². The predicted octanol–water partition coefficient (Wildman–Crippen LogP) is 4.90. The van der Waals surface area contributed by atoms with Crippen molar-refractivity contribution in [3.05, 3.63) is 42.4 Å². The summed E-state index contributed by atoms with van der Waals surface area (Å²) in [6, 6.07) is 9.98. The van der Waals surface area contributed by atoms with E-state index in [1.54, 1.807) is 0 Å². The number of ketones is 1. The molecule has 174 valence electrons. The van der Waals surface area contributed by atoms with E-state index in [-0.39, 0.29) is 11.9 Å². The van der Waals surface area contributed by atoms with Crippen molar-refractivity contribution in [3.63, 3.8) is 0 Å². The van der Waals surface area contributed by atoms with Crippen LogP contribution in [0.3, 0.4) is 0 Å². The topological polar surface area (TPSA) is 78.1 Å². The normalized spacial score (nSPS) is 16.1. The van der Waals surface area contributed by atoms with Crippen LogP contribution in [0.1, 0.15) is 76.6 Å². The second kappa shape index (κ2) is 12.5. The van der Waals surface area contributed by atoms with Crippen LogP contribution in [0.4, 0.5) is 0 Å². The number of nitrogens with one attached hydrogen (secondary N) is 2. The minimum atomic E-state index is -0.131. The third-order valence-corrected chi connectivity index (χ3v) is 6.50. The van der Waals surface area contributed by atoms with Gasteiger partial charge in [0, 0.05) is 19.3 Å². The van der Waals surface area contributed by atoms with Gasteiger partial charge in [0.25, 0.3) is 0 Å². The number of likely N-dealkylation sites (tertiary alicyclic amines) is 1. The molecule has 1 atom stereocenters. The second-order valence-electron chi connectivity index (χ2n) is 9.11. The number of amides is 1. The quantitative estimate of drug-likeness (QED) is 0.462. The third-order valence-electron chi connectivity index (χ3n) is 6.50. The molecule has 1 aliphatic heterocycles. The molecule has 1 aliphatic rings. The highest BCUT2D eigenvalue weighted by Crippen LogP contribution is 2.24. The van der Waals surface area contributed by atoms with Crippen molar-refractivity contribution < 1.29 is 9.59 Å². The van der Waals surface area contributed by atoms with Crippen LogP contribution in [0.2, 0.25) is 0 Å². The summed E-state index contributed by atoms with van der Waals surface area (Å²) < 4.78 is 0. The number of H-pyrrole nitrogens is 1. The Hall–Kier alpha value is -2.47. The van der Waals surface area contributed by atoms with Crippen molar-refractivity contribution in [1.29, 1.82) is 0 Å². The largest absolute Gasteiger partial charge is 0.346 e. The lowest BCUT2D eigenvalue weighted by Gasteiger charge is -2.29. The Balaban J connectivity index is 1.59. The maximum Gasteiger partial charge on any atom is 0.220 e. The van der Waals surface area contributed by atoms with E-state index in [4.69, 9.17) is 0 Å². The molecule has 0 radical (unpaired) electrons. The van der Waals surface area contributed by atoms with E-state index in [2.05, 4.69) is 39.4 Å². The standard InChI is InChI=1S/C26H38N4O2/c1-3-22(31)12-8-5-9-13-23(28-25(32)18-20-14-16-30(2)17-15-20)26-27-19-24(29-26)21-10-6-4-7-11-21/h4,6-7,10-11,19-20,23H,3,5,8-9,12-18H2,1-2H3,(H,27,29)(H,28,32)/t23-/m0/s1. The molecule has 1 aromatic heterocycles. The van der Waals surface area contributed by atoms with Crippen LogP contribution in [-0.2, 0) is 9.59 Å². The molecule has 0 unspecified atom stereocenters. The van der Waals surface area contributed by atoms with Gasteiger partial charge in [-0.2, -0.15) is 0 Å². The molecule has 0 aliphatic carbocycles. The highest BCUT2D eigenvalue weighted by molar-refractivity contribution is 5.78. The molecule has 1 aromatic carbocycles. The summed E-state index contributed by atoms with van der Waals surface area (Å²) in [4.78, 5) is 34.8. The first-order valence-corrected chi connectivity index (χ1v) is 12.1. The van der Waals surface area contributed by atoms with Gasteiger partial charge in [0.05, 0.1) is 17.9 Å². The van der Waals surface area contributed by atoms with Gasteiger partial charge >= 0.3 is 0 Å². The second-order valence-corrected chi connectivity index (χ2v) is 9.11. The van der Waals surface area contributed by atoms with E-state index in [9.17, 15) is 9.59 Å². The third kappa shape index (κ3) is 7.59. The average molecular weight is 439 g/mol. The van der Waals surface area contributed by atoms with Gasteiger partial charge in [0.1, 0.15) is 11.6 Å². The lowest BCUT2D eigenvalue weighted by atomic mass is 9.93. The van der Waals surface area contributed by atoms with Gasteiger partial charge in [-0.05, 0) is 57.3 Å². The van der Waals surface area contributed by atoms with Crippen molar-refractivity contribution >= 4 is 11.7 Å². The van der Waals surface area contributed by atoms with E-state index >= 15 is 0 Å².